The number of amides is 1. The summed E-state index contributed by atoms with van der Waals surface area (Å²) < 4.78 is 1.32. The number of aliphatic carboxylic acids is 1. The minimum Gasteiger partial charge on any atom is -0.481 e. The molecule has 2 rings (SSSR count). The summed E-state index contributed by atoms with van der Waals surface area (Å²) in [4.78, 5) is 22.3. The first kappa shape index (κ1) is 14.7. The molecular weight excluding hydrogens is 272 g/mol. The molecule has 0 saturated carbocycles. The van der Waals surface area contributed by atoms with E-state index in [0.717, 1.165) is 5.56 Å². The van der Waals surface area contributed by atoms with Crippen LogP contribution in [0.5, 0.6) is 0 Å². The van der Waals surface area contributed by atoms with Gasteiger partial charge in [-0.25, -0.2) is 4.68 Å². The van der Waals surface area contributed by atoms with Gasteiger partial charge in [0.05, 0.1) is 12.1 Å². The average molecular weight is 288 g/mol. The van der Waals surface area contributed by atoms with Gasteiger partial charge in [0.15, 0.2) is 0 Å². The third-order valence-corrected chi connectivity index (χ3v) is 2.83. The first-order chi connectivity index (χ1) is 10.0. The quantitative estimate of drug-likeness (QED) is 0.808. The number of nitrogens with one attached hydrogen (secondary N) is 1. The summed E-state index contributed by atoms with van der Waals surface area (Å²) in [6.45, 7) is 2.45. The van der Waals surface area contributed by atoms with Crippen molar-refractivity contribution in [2.75, 3.05) is 0 Å². The van der Waals surface area contributed by atoms with Gasteiger partial charge in [-0.1, -0.05) is 35.0 Å². The maximum Gasteiger partial charge on any atom is 0.309 e. The molecule has 1 heterocycles. The Hall–Kier alpha value is -2.70. The fourth-order valence-electron chi connectivity index (χ4n) is 1.76. The van der Waals surface area contributed by atoms with E-state index in [4.69, 9.17) is 5.11 Å². The maximum atomic E-state index is 11.8. The molecular formula is C14H16N4O3. The summed E-state index contributed by atoms with van der Waals surface area (Å²) in [5.74, 6) is -1.19. The standard InChI is InChI=1S/C14H16N4O3/c1-10-2-4-11(5-3-10)7-15-13(19)9-18-8-12(16-17-18)6-14(20)21/h2-5,8H,6-7,9H2,1H3,(H,15,19)(H,20,21). The number of aryl methyl sites for hydroxylation is 1. The predicted molar refractivity (Wildman–Crippen MR) is 74.4 cm³/mol. The Kier molecular flexibility index (Phi) is 4.65. The average Bonchev–Trinajstić information content (AvgIpc) is 2.84. The molecule has 0 radical (unpaired) electrons. The van der Waals surface area contributed by atoms with Crippen molar-refractivity contribution in [2.24, 2.45) is 0 Å². The van der Waals surface area contributed by atoms with Gasteiger partial charge in [0.2, 0.25) is 5.91 Å². The molecule has 0 aliphatic rings. The van der Waals surface area contributed by atoms with Crippen LogP contribution < -0.4 is 5.32 Å². The normalized spacial score (nSPS) is 10.3. The summed E-state index contributed by atoms with van der Waals surface area (Å²) in [6.07, 6.45) is 1.25. The summed E-state index contributed by atoms with van der Waals surface area (Å²) >= 11 is 0. The third-order valence-electron chi connectivity index (χ3n) is 2.83. The molecule has 21 heavy (non-hydrogen) atoms. The van der Waals surface area contributed by atoms with Crippen LogP contribution in [0, 0.1) is 6.92 Å². The molecule has 0 atom stereocenters. The first-order valence-electron chi connectivity index (χ1n) is 6.46. The second-order valence-electron chi connectivity index (χ2n) is 4.74. The minimum atomic E-state index is -0.981. The predicted octanol–water partition coefficient (Wildman–Crippen LogP) is 0.530. The van der Waals surface area contributed by atoms with Crippen LogP contribution in [0.3, 0.4) is 0 Å². The second kappa shape index (κ2) is 6.65. The molecule has 7 nitrogen and oxygen atoms in total. The summed E-state index contributed by atoms with van der Waals surface area (Å²) in [5.41, 5.74) is 2.51. The number of carbonyl (C=O) groups excluding carboxylic acids is 1. The van der Waals surface area contributed by atoms with E-state index in [-0.39, 0.29) is 18.9 Å². The third kappa shape index (κ3) is 4.72. The number of carbonyl (C=O) groups is 2. The van der Waals surface area contributed by atoms with E-state index >= 15 is 0 Å². The molecule has 0 spiro atoms. The van der Waals surface area contributed by atoms with Gasteiger partial charge in [-0.2, -0.15) is 0 Å². The summed E-state index contributed by atoms with van der Waals surface area (Å²) in [7, 11) is 0. The Bertz CT molecular complexity index is 634. The van der Waals surface area contributed by atoms with Crippen LogP contribution in [-0.4, -0.2) is 32.0 Å². The Balaban J connectivity index is 1.82. The van der Waals surface area contributed by atoms with Gasteiger partial charge in [-0.05, 0) is 12.5 Å². The first-order valence-corrected chi connectivity index (χ1v) is 6.46. The van der Waals surface area contributed by atoms with Gasteiger partial charge in [-0.15, -0.1) is 5.10 Å². The van der Waals surface area contributed by atoms with Crippen molar-refractivity contribution in [3.8, 4) is 0 Å². The molecule has 0 aliphatic carbocycles. The fraction of sp³-hybridized carbons (Fsp3) is 0.286. The Morgan fingerprint density at radius 3 is 2.67 bits per heavy atom. The molecule has 1 amide bonds. The Morgan fingerprint density at radius 1 is 1.29 bits per heavy atom. The molecule has 2 N–H and O–H groups in total. The topological polar surface area (TPSA) is 97.1 Å². The van der Waals surface area contributed by atoms with Gasteiger partial charge in [0.1, 0.15) is 6.54 Å². The number of rotatable bonds is 6. The molecule has 0 bridgehead atoms. The zero-order valence-corrected chi connectivity index (χ0v) is 11.6. The van der Waals surface area contributed by atoms with Crippen LogP contribution in [0.25, 0.3) is 0 Å². The van der Waals surface area contributed by atoms with Crippen LogP contribution in [0.2, 0.25) is 0 Å². The zero-order valence-electron chi connectivity index (χ0n) is 11.6. The number of hydrogen-bond acceptors (Lipinski definition) is 4. The molecule has 7 heteroatoms. The SMILES string of the molecule is Cc1ccc(CNC(=O)Cn2cc(CC(=O)O)nn2)cc1. The van der Waals surface area contributed by atoms with E-state index < -0.39 is 5.97 Å². The van der Waals surface area contributed by atoms with E-state index in [1.54, 1.807) is 0 Å². The van der Waals surface area contributed by atoms with Crippen LogP contribution in [0.15, 0.2) is 30.5 Å². The zero-order chi connectivity index (χ0) is 15.2. The van der Waals surface area contributed by atoms with E-state index in [1.807, 2.05) is 31.2 Å². The van der Waals surface area contributed by atoms with E-state index in [2.05, 4.69) is 15.6 Å². The van der Waals surface area contributed by atoms with Crippen LogP contribution in [0.1, 0.15) is 16.8 Å². The molecule has 1 aromatic heterocycles. The number of nitrogens with zero attached hydrogens (tertiary/aromatic N) is 3. The molecule has 1 aromatic carbocycles. The highest BCUT2D eigenvalue weighted by Gasteiger charge is 2.08. The summed E-state index contributed by atoms with van der Waals surface area (Å²) in [5, 5.41) is 18.8. The van der Waals surface area contributed by atoms with Gasteiger partial charge in [0, 0.05) is 12.7 Å². The van der Waals surface area contributed by atoms with Crippen molar-refractivity contribution in [3.63, 3.8) is 0 Å². The lowest BCUT2D eigenvalue weighted by molar-refractivity contribution is -0.136. The van der Waals surface area contributed by atoms with Crippen LogP contribution >= 0.6 is 0 Å². The van der Waals surface area contributed by atoms with Crippen molar-refractivity contribution in [3.05, 3.63) is 47.3 Å². The number of carboxylic acid groups (broad SMARTS) is 1. The molecule has 0 fully saturated rings. The van der Waals surface area contributed by atoms with Gasteiger partial charge in [0.25, 0.3) is 0 Å². The van der Waals surface area contributed by atoms with Crippen LogP contribution in [0.4, 0.5) is 0 Å². The van der Waals surface area contributed by atoms with Crippen molar-refractivity contribution in [1.29, 1.82) is 0 Å². The van der Waals surface area contributed by atoms with Gasteiger partial charge in [-0.3, -0.25) is 9.59 Å². The Labute approximate surface area is 121 Å². The van der Waals surface area contributed by atoms with Gasteiger partial charge < -0.3 is 10.4 Å². The maximum absolute atomic E-state index is 11.8. The molecule has 0 aliphatic heterocycles. The van der Waals surface area contributed by atoms with Crippen molar-refractivity contribution in [1.82, 2.24) is 20.3 Å². The second-order valence-corrected chi connectivity index (χ2v) is 4.74. The van der Waals surface area contributed by atoms with Crippen molar-refractivity contribution >= 4 is 11.9 Å². The number of hydrogen-bond donors (Lipinski definition) is 2. The number of benzene rings is 1. The van der Waals surface area contributed by atoms with Crippen molar-refractivity contribution in [2.45, 2.75) is 26.4 Å². The highest BCUT2D eigenvalue weighted by Crippen LogP contribution is 2.02. The lowest BCUT2D eigenvalue weighted by Crippen LogP contribution is -2.27. The molecule has 2 aromatic rings. The van der Waals surface area contributed by atoms with E-state index in [1.165, 1.54) is 16.4 Å². The highest BCUT2D eigenvalue weighted by molar-refractivity contribution is 5.75. The number of carboxylic acids is 1. The Morgan fingerprint density at radius 2 is 2.00 bits per heavy atom. The fourth-order valence-corrected chi connectivity index (χ4v) is 1.76. The lowest BCUT2D eigenvalue weighted by Gasteiger charge is -2.05. The molecule has 0 unspecified atom stereocenters. The number of aromatic nitrogens is 3. The summed E-state index contributed by atoms with van der Waals surface area (Å²) in [6, 6.07) is 7.88. The van der Waals surface area contributed by atoms with Gasteiger partial charge >= 0.3 is 5.97 Å². The molecule has 110 valence electrons. The van der Waals surface area contributed by atoms with E-state index in [9.17, 15) is 9.59 Å². The highest BCUT2D eigenvalue weighted by atomic mass is 16.4. The van der Waals surface area contributed by atoms with Crippen molar-refractivity contribution < 1.29 is 14.7 Å². The minimum absolute atomic E-state index is 0.0124. The van der Waals surface area contributed by atoms with Crippen LogP contribution in [-0.2, 0) is 29.1 Å². The monoisotopic (exact) mass is 288 g/mol. The van der Waals surface area contributed by atoms with E-state index in [0.29, 0.717) is 12.2 Å². The lowest BCUT2D eigenvalue weighted by atomic mass is 10.1. The largest absolute Gasteiger partial charge is 0.481 e. The molecule has 0 saturated heterocycles. The smallest absolute Gasteiger partial charge is 0.309 e.